The Labute approximate surface area is 85.0 Å². The van der Waals surface area contributed by atoms with Gasteiger partial charge in [0.15, 0.2) is 5.78 Å². The average molecular weight is 194 g/mol. The minimum atomic E-state index is -0.431. The lowest BCUT2D eigenvalue weighted by molar-refractivity contribution is -0.132. The van der Waals surface area contributed by atoms with Gasteiger partial charge in [-0.25, -0.2) is 0 Å². The molecule has 2 nitrogen and oxygen atoms in total. The molecule has 1 N–H and O–H groups in total. The Kier molecular flexibility index (Phi) is 2.26. The van der Waals surface area contributed by atoms with Crippen LogP contribution in [0.1, 0.15) is 39.5 Å². The standard InChI is InChI=1S/C12H18O2/c1-8-5-6-12(11(14)7-8)9(2)3-4-10(12)13/h7,9-10,13H,3-6H2,1-2H3/t9-,10+,12-/m1/s1. The summed E-state index contributed by atoms with van der Waals surface area (Å²) in [6.07, 6.45) is 4.92. The lowest BCUT2D eigenvalue weighted by Crippen LogP contribution is -2.43. The quantitative estimate of drug-likeness (QED) is 0.641. The number of rotatable bonds is 0. The van der Waals surface area contributed by atoms with Crippen LogP contribution in [-0.2, 0) is 4.79 Å². The number of carbonyl (C=O) groups excluding carboxylic acids is 1. The van der Waals surface area contributed by atoms with Gasteiger partial charge in [0.05, 0.1) is 11.5 Å². The predicted molar refractivity (Wildman–Crippen MR) is 54.8 cm³/mol. The van der Waals surface area contributed by atoms with Crippen molar-refractivity contribution in [2.45, 2.75) is 45.6 Å². The van der Waals surface area contributed by atoms with Crippen LogP contribution in [-0.4, -0.2) is 17.0 Å². The van der Waals surface area contributed by atoms with E-state index in [2.05, 4.69) is 6.92 Å². The number of carbonyl (C=O) groups is 1. The molecule has 2 aliphatic carbocycles. The van der Waals surface area contributed by atoms with Crippen LogP contribution in [0.2, 0.25) is 0 Å². The zero-order chi connectivity index (χ0) is 10.3. The maximum atomic E-state index is 12.0. The molecule has 0 amide bonds. The van der Waals surface area contributed by atoms with E-state index in [1.54, 1.807) is 6.08 Å². The first-order chi connectivity index (χ1) is 6.57. The van der Waals surface area contributed by atoms with Gasteiger partial charge >= 0.3 is 0 Å². The van der Waals surface area contributed by atoms with Gasteiger partial charge in [-0.05, 0) is 44.6 Å². The van der Waals surface area contributed by atoms with Crippen LogP contribution >= 0.6 is 0 Å². The minimum Gasteiger partial charge on any atom is -0.392 e. The van der Waals surface area contributed by atoms with Gasteiger partial charge in [0.1, 0.15) is 0 Å². The normalized spacial score (nSPS) is 43.1. The summed E-state index contributed by atoms with van der Waals surface area (Å²) in [4.78, 5) is 12.0. The average Bonchev–Trinajstić information content (AvgIpc) is 2.40. The van der Waals surface area contributed by atoms with Crippen molar-refractivity contribution < 1.29 is 9.90 Å². The number of allylic oxidation sites excluding steroid dienone is 2. The Morgan fingerprint density at radius 2 is 2.21 bits per heavy atom. The van der Waals surface area contributed by atoms with Crippen LogP contribution in [0.15, 0.2) is 11.6 Å². The molecule has 3 atom stereocenters. The number of ketones is 1. The van der Waals surface area contributed by atoms with Crippen molar-refractivity contribution in [3.8, 4) is 0 Å². The molecule has 2 aliphatic rings. The largest absolute Gasteiger partial charge is 0.392 e. The molecular weight excluding hydrogens is 176 g/mol. The molecular formula is C12H18O2. The highest BCUT2D eigenvalue weighted by molar-refractivity contribution is 5.97. The van der Waals surface area contributed by atoms with Crippen molar-refractivity contribution in [1.82, 2.24) is 0 Å². The lowest BCUT2D eigenvalue weighted by atomic mass is 9.67. The molecule has 0 saturated heterocycles. The molecule has 0 radical (unpaired) electrons. The summed E-state index contributed by atoms with van der Waals surface area (Å²) in [6, 6.07) is 0. The molecule has 0 aromatic carbocycles. The molecule has 0 aromatic rings. The minimum absolute atomic E-state index is 0.166. The van der Waals surface area contributed by atoms with Gasteiger partial charge in [0.2, 0.25) is 0 Å². The van der Waals surface area contributed by atoms with Crippen molar-refractivity contribution >= 4 is 5.78 Å². The lowest BCUT2D eigenvalue weighted by Gasteiger charge is -2.37. The Bertz CT molecular complexity index is 281. The van der Waals surface area contributed by atoms with Crippen LogP contribution in [0.3, 0.4) is 0 Å². The summed E-state index contributed by atoms with van der Waals surface area (Å²) >= 11 is 0. The molecule has 2 heteroatoms. The number of aliphatic hydroxyl groups is 1. The highest BCUT2D eigenvalue weighted by Crippen LogP contribution is 2.50. The number of hydrogen-bond donors (Lipinski definition) is 1. The van der Waals surface area contributed by atoms with Gasteiger partial charge in [-0.3, -0.25) is 4.79 Å². The summed E-state index contributed by atoms with van der Waals surface area (Å²) in [5.41, 5.74) is 0.728. The predicted octanol–water partition coefficient (Wildman–Crippen LogP) is 2.07. The maximum Gasteiger partial charge on any atom is 0.164 e. The molecule has 0 aromatic heterocycles. The first kappa shape index (κ1) is 9.91. The fourth-order valence-corrected chi connectivity index (χ4v) is 3.03. The van der Waals surface area contributed by atoms with Crippen LogP contribution < -0.4 is 0 Å². The molecule has 0 aliphatic heterocycles. The highest BCUT2D eigenvalue weighted by Gasteiger charge is 2.52. The third-order valence-electron chi connectivity index (χ3n) is 4.12. The van der Waals surface area contributed by atoms with Crippen LogP contribution in [0.4, 0.5) is 0 Å². The molecule has 1 fully saturated rings. The summed E-state index contributed by atoms with van der Waals surface area (Å²) < 4.78 is 0. The summed E-state index contributed by atoms with van der Waals surface area (Å²) in [5.74, 6) is 0.508. The van der Waals surface area contributed by atoms with Crippen LogP contribution in [0.5, 0.6) is 0 Å². The van der Waals surface area contributed by atoms with E-state index in [1.807, 2.05) is 6.92 Å². The Hall–Kier alpha value is -0.630. The van der Waals surface area contributed by atoms with E-state index < -0.39 is 11.5 Å². The Morgan fingerprint density at radius 1 is 1.50 bits per heavy atom. The highest BCUT2D eigenvalue weighted by atomic mass is 16.3. The Balaban J connectivity index is 2.36. The van der Waals surface area contributed by atoms with E-state index in [1.165, 1.54) is 0 Å². The second-order valence-corrected chi connectivity index (χ2v) is 4.89. The van der Waals surface area contributed by atoms with Gasteiger partial charge in [0.25, 0.3) is 0 Å². The van der Waals surface area contributed by atoms with E-state index in [4.69, 9.17) is 0 Å². The zero-order valence-electron chi connectivity index (χ0n) is 8.92. The summed E-state index contributed by atoms with van der Waals surface area (Å²) in [5, 5.41) is 9.98. The topological polar surface area (TPSA) is 37.3 Å². The van der Waals surface area contributed by atoms with Crippen molar-refractivity contribution in [2.75, 3.05) is 0 Å². The van der Waals surface area contributed by atoms with Crippen molar-refractivity contribution in [1.29, 1.82) is 0 Å². The fraction of sp³-hybridized carbons (Fsp3) is 0.750. The molecule has 0 bridgehead atoms. The first-order valence-electron chi connectivity index (χ1n) is 5.47. The van der Waals surface area contributed by atoms with Gasteiger partial charge in [-0.2, -0.15) is 0 Å². The summed E-state index contributed by atoms with van der Waals surface area (Å²) in [6.45, 7) is 4.10. The van der Waals surface area contributed by atoms with E-state index in [0.717, 1.165) is 31.3 Å². The molecule has 0 unspecified atom stereocenters. The third-order valence-corrected chi connectivity index (χ3v) is 4.12. The molecule has 14 heavy (non-hydrogen) atoms. The summed E-state index contributed by atoms with van der Waals surface area (Å²) in [7, 11) is 0. The van der Waals surface area contributed by atoms with Crippen molar-refractivity contribution in [3.05, 3.63) is 11.6 Å². The van der Waals surface area contributed by atoms with Gasteiger partial charge < -0.3 is 5.11 Å². The van der Waals surface area contributed by atoms with Crippen LogP contribution in [0.25, 0.3) is 0 Å². The Morgan fingerprint density at radius 3 is 2.71 bits per heavy atom. The van der Waals surface area contributed by atoms with E-state index in [0.29, 0.717) is 5.92 Å². The first-order valence-corrected chi connectivity index (χ1v) is 5.47. The smallest absolute Gasteiger partial charge is 0.164 e. The maximum absolute atomic E-state index is 12.0. The van der Waals surface area contributed by atoms with E-state index >= 15 is 0 Å². The monoisotopic (exact) mass is 194 g/mol. The van der Waals surface area contributed by atoms with E-state index in [-0.39, 0.29) is 5.78 Å². The van der Waals surface area contributed by atoms with Gasteiger partial charge in [-0.1, -0.05) is 12.5 Å². The fourth-order valence-electron chi connectivity index (χ4n) is 3.03. The second-order valence-electron chi connectivity index (χ2n) is 4.89. The van der Waals surface area contributed by atoms with Gasteiger partial charge in [0, 0.05) is 0 Å². The number of aliphatic hydroxyl groups excluding tert-OH is 1. The molecule has 78 valence electrons. The van der Waals surface area contributed by atoms with Crippen LogP contribution in [0, 0.1) is 11.3 Å². The van der Waals surface area contributed by atoms with Gasteiger partial charge in [-0.15, -0.1) is 0 Å². The van der Waals surface area contributed by atoms with Crippen molar-refractivity contribution in [2.24, 2.45) is 11.3 Å². The number of hydrogen-bond acceptors (Lipinski definition) is 2. The van der Waals surface area contributed by atoms with E-state index in [9.17, 15) is 9.90 Å². The molecule has 0 heterocycles. The second kappa shape index (κ2) is 3.20. The molecule has 1 spiro atoms. The SMILES string of the molecule is CC1=CC(=O)[C@]2(CC1)[C@H](C)CC[C@@H]2O. The molecule has 2 rings (SSSR count). The third kappa shape index (κ3) is 1.17. The molecule has 1 saturated carbocycles. The van der Waals surface area contributed by atoms with Crippen molar-refractivity contribution in [3.63, 3.8) is 0 Å². The zero-order valence-corrected chi connectivity index (χ0v) is 8.92.